The minimum atomic E-state index is 0.341. The highest BCUT2D eigenvalue weighted by Gasteiger charge is 2.04. The molecule has 0 fully saturated rings. The molecule has 0 aliphatic rings. The van der Waals surface area contributed by atoms with Crippen molar-refractivity contribution in [2.45, 2.75) is 20.1 Å². The zero-order valence-corrected chi connectivity index (χ0v) is 12.8. The van der Waals surface area contributed by atoms with Gasteiger partial charge in [0.1, 0.15) is 24.3 Å². The van der Waals surface area contributed by atoms with Crippen LogP contribution in [0.2, 0.25) is 0 Å². The minimum absolute atomic E-state index is 0.341. The summed E-state index contributed by atoms with van der Waals surface area (Å²) in [5.41, 5.74) is 3.84. The summed E-state index contributed by atoms with van der Waals surface area (Å²) in [6, 6.07) is 15.2. The van der Waals surface area contributed by atoms with Gasteiger partial charge in [-0.25, -0.2) is 4.68 Å². The molecule has 0 amide bonds. The van der Waals surface area contributed by atoms with E-state index >= 15 is 0 Å². The molecule has 0 spiro atoms. The van der Waals surface area contributed by atoms with E-state index in [2.05, 4.69) is 29.4 Å². The monoisotopic (exact) mass is 307 g/mol. The molecule has 0 atom stereocenters. The molecule has 0 saturated heterocycles. The van der Waals surface area contributed by atoms with Crippen molar-refractivity contribution < 1.29 is 9.53 Å². The van der Waals surface area contributed by atoms with Gasteiger partial charge >= 0.3 is 0 Å². The Labute approximate surface area is 134 Å². The molecule has 5 nitrogen and oxygen atoms in total. The van der Waals surface area contributed by atoms with Gasteiger partial charge in [0.25, 0.3) is 0 Å². The number of aromatic nitrogens is 3. The van der Waals surface area contributed by atoms with Gasteiger partial charge in [0.15, 0.2) is 0 Å². The molecular formula is C18H17N3O2. The molecule has 1 heterocycles. The number of benzene rings is 2. The van der Waals surface area contributed by atoms with E-state index in [0.29, 0.717) is 24.5 Å². The van der Waals surface area contributed by atoms with E-state index in [1.807, 2.05) is 18.3 Å². The fourth-order valence-corrected chi connectivity index (χ4v) is 2.24. The van der Waals surface area contributed by atoms with Crippen LogP contribution in [0.4, 0.5) is 0 Å². The molecule has 0 unspecified atom stereocenters. The SMILES string of the molecule is Cc1ccccc1Cn1cc(COc2ccc(C=O)cc2)nn1. The van der Waals surface area contributed by atoms with Crippen molar-refractivity contribution in [3.8, 4) is 5.75 Å². The van der Waals surface area contributed by atoms with Crippen molar-refractivity contribution in [2.24, 2.45) is 0 Å². The van der Waals surface area contributed by atoms with Crippen LogP contribution in [0.3, 0.4) is 0 Å². The van der Waals surface area contributed by atoms with Crippen molar-refractivity contribution in [3.63, 3.8) is 0 Å². The quantitative estimate of drug-likeness (QED) is 0.657. The number of nitrogens with zero attached hydrogens (tertiary/aromatic N) is 3. The van der Waals surface area contributed by atoms with Crippen LogP contribution in [0.5, 0.6) is 5.75 Å². The van der Waals surface area contributed by atoms with Crippen LogP contribution in [0.15, 0.2) is 54.7 Å². The van der Waals surface area contributed by atoms with Gasteiger partial charge in [-0.05, 0) is 42.3 Å². The molecule has 0 radical (unpaired) electrons. The second-order valence-corrected chi connectivity index (χ2v) is 5.31. The molecule has 0 aliphatic heterocycles. The molecule has 0 aliphatic carbocycles. The topological polar surface area (TPSA) is 57.0 Å². The first-order chi connectivity index (χ1) is 11.2. The summed E-state index contributed by atoms with van der Waals surface area (Å²) >= 11 is 0. The number of carbonyl (C=O) groups excluding carboxylic acids is 1. The summed E-state index contributed by atoms with van der Waals surface area (Å²) in [7, 11) is 0. The van der Waals surface area contributed by atoms with Crippen LogP contribution in [0.1, 0.15) is 27.2 Å². The van der Waals surface area contributed by atoms with E-state index < -0.39 is 0 Å². The Morgan fingerprint density at radius 1 is 1.13 bits per heavy atom. The molecule has 3 aromatic rings. The number of ether oxygens (including phenoxy) is 1. The fourth-order valence-electron chi connectivity index (χ4n) is 2.24. The molecule has 23 heavy (non-hydrogen) atoms. The summed E-state index contributed by atoms with van der Waals surface area (Å²) in [6.07, 6.45) is 2.69. The van der Waals surface area contributed by atoms with Gasteiger partial charge in [-0.1, -0.05) is 29.5 Å². The lowest BCUT2D eigenvalue weighted by Crippen LogP contribution is -2.02. The zero-order valence-electron chi connectivity index (χ0n) is 12.8. The van der Waals surface area contributed by atoms with Crippen molar-refractivity contribution in [1.82, 2.24) is 15.0 Å². The Morgan fingerprint density at radius 2 is 1.91 bits per heavy atom. The average molecular weight is 307 g/mol. The molecular weight excluding hydrogens is 290 g/mol. The van der Waals surface area contributed by atoms with Crippen molar-refractivity contribution in [3.05, 3.63) is 77.1 Å². The Hall–Kier alpha value is -2.95. The highest BCUT2D eigenvalue weighted by molar-refractivity contribution is 5.74. The highest BCUT2D eigenvalue weighted by Crippen LogP contribution is 2.13. The molecule has 0 N–H and O–H groups in total. The largest absolute Gasteiger partial charge is 0.487 e. The third-order valence-corrected chi connectivity index (χ3v) is 3.58. The van der Waals surface area contributed by atoms with E-state index in [4.69, 9.17) is 4.74 Å². The molecule has 116 valence electrons. The third-order valence-electron chi connectivity index (χ3n) is 3.58. The van der Waals surface area contributed by atoms with Crippen LogP contribution in [0.25, 0.3) is 0 Å². The first kappa shape index (κ1) is 15.0. The van der Waals surface area contributed by atoms with E-state index in [0.717, 1.165) is 12.0 Å². The Kier molecular flexibility index (Phi) is 4.47. The first-order valence-corrected chi connectivity index (χ1v) is 7.36. The number of rotatable bonds is 6. The summed E-state index contributed by atoms with van der Waals surface area (Å²) in [4.78, 5) is 10.6. The van der Waals surface area contributed by atoms with Gasteiger partial charge in [-0.15, -0.1) is 5.10 Å². The highest BCUT2D eigenvalue weighted by atomic mass is 16.5. The molecule has 2 aromatic carbocycles. The Bertz CT molecular complexity index is 794. The van der Waals surface area contributed by atoms with Gasteiger partial charge in [-0.3, -0.25) is 4.79 Å². The lowest BCUT2D eigenvalue weighted by atomic mass is 10.1. The molecule has 3 rings (SSSR count). The van der Waals surface area contributed by atoms with Crippen molar-refractivity contribution in [2.75, 3.05) is 0 Å². The van der Waals surface area contributed by atoms with Crippen LogP contribution >= 0.6 is 0 Å². The average Bonchev–Trinajstić information content (AvgIpc) is 3.03. The van der Waals surface area contributed by atoms with Crippen LogP contribution in [-0.2, 0) is 13.2 Å². The van der Waals surface area contributed by atoms with Crippen molar-refractivity contribution in [1.29, 1.82) is 0 Å². The van der Waals surface area contributed by atoms with E-state index in [9.17, 15) is 4.79 Å². The van der Waals surface area contributed by atoms with Gasteiger partial charge in [-0.2, -0.15) is 0 Å². The maximum Gasteiger partial charge on any atom is 0.150 e. The number of aryl methyl sites for hydroxylation is 1. The Balaban J connectivity index is 1.60. The summed E-state index contributed by atoms with van der Waals surface area (Å²) in [5.74, 6) is 0.698. The second-order valence-electron chi connectivity index (χ2n) is 5.31. The molecule has 0 saturated carbocycles. The van der Waals surface area contributed by atoms with Crippen LogP contribution in [0, 0.1) is 6.92 Å². The predicted molar refractivity (Wildman–Crippen MR) is 86.5 cm³/mol. The summed E-state index contributed by atoms with van der Waals surface area (Å²) in [6.45, 7) is 3.11. The zero-order chi connectivity index (χ0) is 16.1. The van der Waals surface area contributed by atoms with Gasteiger partial charge < -0.3 is 4.74 Å². The third kappa shape index (κ3) is 3.83. The summed E-state index contributed by atoms with van der Waals surface area (Å²) < 4.78 is 7.45. The van der Waals surface area contributed by atoms with Crippen molar-refractivity contribution >= 4 is 6.29 Å². The smallest absolute Gasteiger partial charge is 0.150 e. The summed E-state index contributed by atoms with van der Waals surface area (Å²) in [5, 5.41) is 8.26. The number of aldehydes is 1. The maximum absolute atomic E-state index is 10.6. The minimum Gasteiger partial charge on any atom is -0.487 e. The van der Waals surface area contributed by atoms with Crippen LogP contribution in [-0.4, -0.2) is 21.3 Å². The maximum atomic E-state index is 10.6. The number of hydrogen-bond donors (Lipinski definition) is 0. The van der Waals surface area contributed by atoms with E-state index in [1.165, 1.54) is 11.1 Å². The fraction of sp³-hybridized carbons (Fsp3) is 0.167. The number of carbonyl (C=O) groups is 1. The van der Waals surface area contributed by atoms with Crippen LogP contribution < -0.4 is 4.74 Å². The van der Waals surface area contributed by atoms with E-state index in [-0.39, 0.29) is 0 Å². The normalized spacial score (nSPS) is 10.5. The second kappa shape index (κ2) is 6.87. The van der Waals surface area contributed by atoms with Gasteiger partial charge in [0.05, 0.1) is 12.7 Å². The number of hydrogen-bond acceptors (Lipinski definition) is 4. The van der Waals surface area contributed by atoms with Gasteiger partial charge in [0.2, 0.25) is 0 Å². The predicted octanol–water partition coefficient (Wildman–Crippen LogP) is 3.03. The Morgan fingerprint density at radius 3 is 2.65 bits per heavy atom. The van der Waals surface area contributed by atoms with Gasteiger partial charge in [0, 0.05) is 5.56 Å². The lowest BCUT2D eigenvalue weighted by Gasteiger charge is -2.04. The molecule has 5 heteroatoms. The van der Waals surface area contributed by atoms with E-state index in [1.54, 1.807) is 28.9 Å². The standard InChI is InChI=1S/C18H17N3O2/c1-14-4-2-3-5-16(14)10-21-11-17(19-20-21)13-23-18-8-6-15(12-22)7-9-18/h2-9,11-12H,10,13H2,1H3. The molecule has 0 bridgehead atoms. The first-order valence-electron chi connectivity index (χ1n) is 7.36. The molecule has 1 aromatic heterocycles. The lowest BCUT2D eigenvalue weighted by molar-refractivity contribution is 0.112.